The molecule has 4 aromatic rings. The van der Waals surface area contributed by atoms with Crippen molar-refractivity contribution in [1.82, 2.24) is 19.2 Å². The number of methoxy groups -OCH3 is 1. The number of carbonyl (C=O) groups is 1. The molecule has 1 fully saturated rings. The number of hydrogen-bond acceptors (Lipinski definition) is 7. The van der Waals surface area contributed by atoms with Gasteiger partial charge in [0.15, 0.2) is 11.5 Å². The van der Waals surface area contributed by atoms with E-state index in [1.807, 2.05) is 20.8 Å². The third-order valence-corrected chi connectivity index (χ3v) is 7.39. The van der Waals surface area contributed by atoms with Gasteiger partial charge in [-0.05, 0) is 55.0 Å². The lowest BCUT2D eigenvalue weighted by atomic mass is 9.98. The second kappa shape index (κ2) is 11.1. The largest absolute Gasteiger partial charge is 0.493 e. The predicted molar refractivity (Wildman–Crippen MR) is 148 cm³/mol. The Labute approximate surface area is 231 Å². The molecule has 39 heavy (non-hydrogen) atoms. The van der Waals surface area contributed by atoms with E-state index in [9.17, 15) is 9.59 Å². The molecule has 9 nitrogen and oxygen atoms in total. The molecular formula is C29H31ClN4O5. The van der Waals surface area contributed by atoms with Crippen molar-refractivity contribution in [2.75, 3.05) is 13.7 Å². The smallest absolute Gasteiger partial charge is 0.309 e. The first-order valence-corrected chi connectivity index (χ1v) is 13.4. The number of fused-ring (bicyclic) bond motifs is 1. The fourth-order valence-corrected chi connectivity index (χ4v) is 4.33. The van der Waals surface area contributed by atoms with Crippen molar-refractivity contribution in [2.45, 2.75) is 39.7 Å². The van der Waals surface area contributed by atoms with E-state index in [2.05, 4.69) is 10.1 Å². The molecule has 2 atom stereocenters. The van der Waals surface area contributed by atoms with Crippen LogP contribution < -0.4 is 15.0 Å². The highest BCUT2D eigenvalue weighted by Gasteiger charge is 2.36. The highest BCUT2D eigenvalue weighted by Crippen LogP contribution is 2.36. The topological polar surface area (TPSA) is 97.0 Å². The molecule has 1 unspecified atom stereocenters. The summed E-state index contributed by atoms with van der Waals surface area (Å²) in [7, 11) is 1.54. The summed E-state index contributed by atoms with van der Waals surface area (Å²) >= 11 is 5.95. The Balaban J connectivity index is 1.36. The van der Waals surface area contributed by atoms with Gasteiger partial charge < -0.3 is 14.2 Å². The van der Waals surface area contributed by atoms with Crippen molar-refractivity contribution in [3.8, 4) is 28.4 Å². The summed E-state index contributed by atoms with van der Waals surface area (Å²) in [5.41, 5.74) is 2.16. The van der Waals surface area contributed by atoms with Crippen molar-refractivity contribution in [1.29, 1.82) is 0 Å². The van der Waals surface area contributed by atoms with Crippen LogP contribution in [0.25, 0.3) is 22.5 Å². The summed E-state index contributed by atoms with van der Waals surface area (Å²) in [4.78, 5) is 30.2. The van der Waals surface area contributed by atoms with Gasteiger partial charge in [-0.3, -0.25) is 19.1 Å². The van der Waals surface area contributed by atoms with Crippen LogP contribution in [0, 0.1) is 17.8 Å². The zero-order valence-corrected chi connectivity index (χ0v) is 23.1. The van der Waals surface area contributed by atoms with Crippen molar-refractivity contribution < 1.29 is 19.0 Å². The number of halogens is 1. The SMILES string of the molecule is COc1cc(-n2cnn3cc(-c4ccc(Cl)cn4)cc3c2=O)ccc1OCC(OC(=O)[C@@H](C)C(C)C)C1CC1. The fraction of sp³-hybridized carbons (Fsp3) is 0.379. The van der Waals surface area contributed by atoms with E-state index in [0.29, 0.717) is 39.3 Å². The van der Waals surface area contributed by atoms with E-state index in [0.717, 1.165) is 18.4 Å². The van der Waals surface area contributed by atoms with Gasteiger partial charge in [-0.25, -0.2) is 4.52 Å². The second-order valence-corrected chi connectivity index (χ2v) is 10.7. The zero-order valence-electron chi connectivity index (χ0n) is 22.3. The van der Waals surface area contributed by atoms with E-state index in [1.165, 1.54) is 22.5 Å². The fourth-order valence-electron chi connectivity index (χ4n) is 4.22. The average Bonchev–Trinajstić information content (AvgIpc) is 3.69. The first-order chi connectivity index (χ1) is 18.7. The Morgan fingerprint density at radius 2 is 1.92 bits per heavy atom. The first-order valence-electron chi connectivity index (χ1n) is 13.0. The summed E-state index contributed by atoms with van der Waals surface area (Å²) in [6, 6.07) is 10.5. The molecule has 0 saturated heterocycles. The normalized spacial score (nSPS) is 14.8. The van der Waals surface area contributed by atoms with Crippen LogP contribution in [0.5, 0.6) is 11.5 Å². The molecule has 204 valence electrons. The molecule has 1 aliphatic carbocycles. The van der Waals surface area contributed by atoms with Gasteiger partial charge in [-0.15, -0.1) is 0 Å². The molecular weight excluding hydrogens is 520 g/mol. The molecule has 1 aromatic carbocycles. The molecule has 10 heteroatoms. The van der Waals surface area contributed by atoms with E-state index >= 15 is 0 Å². The Hall–Kier alpha value is -3.85. The summed E-state index contributed by atoms with van der Waals surface area (Å²) in [6.45, 7) is 6.13. The molecule has 1 saturated carbocycles. The quantitative estimate of drug-likeness (QED) is 0.250. The molecule has 0 aliphatic heterocycles. The average molecular weight is 551 g/mol. The maximum atomic E-state index is 13.4. The third-order valence-electron chi connectivity index (χ3n) is 7.17. The summed E-state index contributed by atoms with van der Waals surface area (Å²) in [6.07, 6.45) is 6.49. The van der Waals surface area contributed by atoms with Crippen LogP contribution in [0.4, 0.5) is 0 Å². The predicted octanol–water partition coefficient (Wildman–Crippen LogP) is 5.20. The van der Waals surface area contributed by atoms with Gasteiger partial charge in [0.2, 0.25) is 0 Å². The summed E-state index contributed by atoms with van der Waals surface area (Å²) in [5.74, 6) is 1.09. The van der Waals surface area contributed by atoms with Crippen molar-refractivity contribution in [3.05, 3.63) is 70.5 Å². The van der Waals surface area contributed by atoms with E-state index in [-0.39, 0.29) is 36.1 Å². The molecule has 5 rings (SSSR count). The molecule has 0 bridgehead atoms. The van der Waals surface area contributed by atoms with Crippen LogP contribution in [-0.4, -0.2) is 45.0 Å². The number of carbonyl (C=O) groups excluding carboxylic acids is 1. The number of aromatic nitrogens is 4. The Bertz CT molecular complexity index is 1540. The third kappa shape index (κ3) is 5.78. The number of hydrogen-bond donors (Lipinski definition) is 0. The molecule has 0 N–H and O–H groups in total. The molecule has 1 aliphatic rings. The zero-order chi connectivity index (χ0) is 27.7. The van der Waals surface area contributed by atoms with E-state index in [1.54, 1.807) is 48.8 Å². The molecule has 3 heterocycles. The molecule has 3 aromatic heterocycles. The van der Waals surface area contributed by atoms with E-state index < -0.39 is 0 Å². The number of pyridine rings is 1. The summed E-state index contributed by atoms with van der Waals surface area (Å²) < 4.78 is 20.4. The van der Waals surface area contributed by atoms with Crippen molar-refractivity contribution in [2.24, 2.45) is 17.8 Å². The lowest BCUT2D eigenvalue weighted by Crippen LogP contribution is -2.31. The lowest BCUT2D eigenvalue weighted by Gasteiger charge is -2.22. The van der Waals surface area contributed by atoms with Crippen molar-refractivity contribution >= 4 is 23.1 Å². The second-order valence-electron chi connectivity index (χ2n) is 10.2. The Kier molecular flexibility index (Phi) is 7.61. The number of esters is 1. The number of benzene rings is 1. The number of ether oxygens (including phenoxy) is 3. The Morgan fingerprint density at radius 1 is 1.13 bits per heavy atom. The molecule has 0 spiro atoms. The van der Waals surface area contributed by atoms with Gasteiger partial charge in [0.25, 0.3) is 5.56 Å². The highest BCUT2D eigenvalue weighted by molar-refractivity contribution is 6.30. The minimum Gasteiger partial charge on any atom is -0.493 e. The lowest BCUT2D eigenvalue weighted by molar-refractivity contribution is -0.157. The summed E-state index contributed by atoms with van der Waals surface area (Å²) in [5, 5.41) is 4.94. The molecule has 0 radical (unpaired) electrons. The molecule has 0 amide bonds. The van der Waals surface area contributed by atoms with Crippen LogP contribution in [0.2, 0.25) is 5.02 Å². The van der Waals surface area contributed by atoms with Gasteiger partial charge >= 0.3 is 5.97 Å². The standard InChI is InChI=1S/C29H31ClN4O5/c1-17(2)18(3)29(36)39-27(19-5-6-19)15-38-25-10-8-22(12-26(25)37-4)33-16-32-34-14-20(11-24(34)28(33)35)23-9-7-21(30)13-31-23/h7-14,16-19,27H,5-6,15H2,1-4H3/t18-,27?/m0/s1. The Morgan fingerprint density at radius 3 is 2.59 bits per heavy atom. The van der Waals surface area contributed by atoms with E-state index in [4.69, 9.17) is 25.8 Å². The van der Waals surface area contributed by atoms with Crippen LogP contribution >= 0.6 is 11.6 Å². The van der Waals surface area contributed by atoms with Gasteiger partial charge in [0, 0.05) is 24.0 Å². The minimum absolute atomic E-state index is 0.177. The van der Waals surface area contributed by atoms with Crippen molar-refractivity contribution in [3.63, 3.8) is 0 Å². The van der Waals surface area contributed by atoms with Crippen LogP contribution in [0.15, 0.2) is 59.9 Å². The first kappa shape index (κ1) is 26.7. The maximum Gasteiger partial charge on any atom is 0.309 e. The van der Waals surface area contributed by atoms with Gasteiger partial charge in [-0.1, -0.05) is 32.4 Å². The van der Waals surface area contributed by atoms with Crippen LogP contribution in [0.1, 0.15) is 33.6 Å². The maximum absolute atomic E-state index is 13.4. The van der Waals surface area contributed by atoms with Gasteiger partial charge in [-0.2, -0.15) is 5.10 Å². The van der Waals surface area contributed by atoms with Crippen LogP contribution in [-0.2, 0) is 9.53 Å². The number of rotatable bonds is 10. The highest BCUT2D eigenvalue weighted by atomic mass is 35.5. The van der Waals surface area contributed by atoms with Gasteiger partial charge in [0.1, 0.15) is 24.6 Å². The van der Waals surface area contributed by atoms with Gasteiger partial charge in [0.05, 0.1) is 29.4 Å². The minimum atomic E-state index is -0.309. The number of nitrogens with zero attached hydrogens (tertiary/aromatic N) is 4. The monoisotopic (exact) mass is 550 g/mol. The van der Waals surface area contributed by atoms with Crippen LogP contribution in [0.3, 0.4) is 0 Å².